The second kappa shape index (κ2) is 5.23. The van der Waals surface area contributed by atoms with Crippen LogP contribution in [0.1, 0.15) is 24.5 Å². The van der Waals surface area contributed by atoms with Crippen molar-refractivity contribution in [3.05, 3.63) is 29.3 Å². The summed E-state index contributed by atoms with van der Waals surface area (Å²) in [5.74, 6) is 1.26. The van der Waals surface area contributed by atoms with Gasteiger partial charge in [-0.15, -0.1) is 11.3 Å². The average molecular weight is 303 g/mol. The first-order chi connectivity index (χ1) is 10.3. The average Bonchev–Trinajstić information content (AvgIpc) is 3.16. The Bertz CT molecular complexity index is 622. The quantitative estimate of drug-likeness (QED) is 0.946. The minimum absolute atomic E-state index is 0.301. The number of piperidine rings is 3. The first kappa shape index (κ1) is 13.5. The molecule has 4 nitrogen and oxygen atoms in total. The Balaban J connectivity index is 1.63. The van der Waals surface area contributed by atoms with Gasteiger partial charge in [-0.25, -0.2) is 0 Å². The first-order valence-corrected chi connectivity index (χ1v) is 8.57. The van der Waals surface area contributed by atoms with Crippen molar-refractivity contribution in [3.8, 4) is 10.6 Å². The third kappa shape index (κ3) is 2.24. The van der Waals surface area contributed by atoms with E-state index in [1.807, 2.05) is 0 Å². The van der Waals surface area contributed by atoms with Crippen molar-refractivity contribution >= 4 is 11.3 Å². The fraction of sp³-hybridized carbons (Fsp3) is 0.562. The summed E-state index contributed by atoms with van der Waals surface area (Å²) in [4.78, 5) is 3.70. The van der Waals surface area contributed by atoms with Crippen LogP contribution in [0.4, 0.5) is 0 Å². The Hall–Kier alpha value is -1.17. The lowest BCUT2D eigenvalue weighted by molar-refractivity contribution is 0.00105. The van der Waals surface area contributed by atoms with Gasteiger partial charge in [-0.1, -0.05) is 6.07 Å². The summed E-state index contributed by atoms with van der Waals surface area (Å²) in [6.45, 7) is 2.51. The van der Waals surface area contributed by atoms with Crippen molar-refractivity contribution in [3.63, 3.8) is 0 Å². The molecule has 0 amide bonds. The summed E-state index contributed by atoms with van der Waals surface area (Å²) in [6.07, 6.45) is 2.38. The van der Waals surface area contributed by atoms with Gasteiger partial charge in [0.15, 0.2) is 0 Å². The fourth-order valence-electron chi connectivity index (χ4n) is 4.04. The molecule has 0 aliphatic carbocycles. The molecule has 0 saturated carbocycles. The van der Waals surface area contributed by atoms with Crippen molar-refractivity contribution in [1.82, 2.24) is 14.7 Å². The molecular weight excluding hydrogens is 282 g/mol. The summed E-state index contributed by atoms with van der Waals surface area (Å²) >= 11 is 1.74. The number of fused-ring (bicyclic) bond motifs is 3. The predicted molar refractivity (Wildman–Crippen MR) is 84.4 cm³/mol. The second-order valence-electron chi connectivity index (χ2n) is 6.28. The van der Waals surface area contributed by atoms with Crippen LogP contribution in [-0.4, -0.2) is 45.5 Å². The molecule has 0 radical (unpaired) electrons. The third-order valence-electron chi connectivity index (χ3n) is 5.16. The van der Waals surface area contributed by atoms with Crippen LogP contribution >= 0.6 is 11.3 Å². The number of thiophene rings is 1. The summed E-state index contributed by atoms with van der Waals surface area (Å²) in [5.41, 5.74) is 2.45. The van der Waals surface area contributed by atoms with E-state index in [-0.39, 0.29) is 0 Å². The summed E-state index contributed by atoms with van der Waals surface area (Å²) in [7, 11) is 2.06. The van der Waals surface area contributed by atoms with Gasteiger partial charge in [-0.2, -0.15) is 5.10 Å². The molecule has 2 aromatic heterocycles. The topological polar surface area (TPSA) is 41.3 Å². The zero-order valence-corrected chi connectivity index (χ0v) is 13.1. The lowest BCUT2D eigenvalue weighted by Crippen LogP contribution is -2.53. The number of aliphatic hydroxyl groups excluding tert-OH is 1. The van der Waals surface area contributed by atoms with E-state index in [1.54, 1.807) is 11.3 Å². The van der Waals surface area contributed by atoms with Gasteiger partial charge in [0.05, 0.1) is 11.5 Å². The maximum atomic E-state index is 9.50. The van der Waals surface area contributed by atoms with Crippen molar-refractivity contribution in [2.24, 2.45) is 13.0 Å². The predicted octanol–water partition coefficient (Wildman–Crippen LogP) is 2.32. The molecule has 3 saturated heterocycles. The van der Waals surface area contributed by atoms with Gasteiger partial charge in [0.2, 0.25) is 0 Å². The highest BCUT2D eigenvalue weighted by Gasteiger charge is 2.41. The van der Waals surface area contributed by atoms with Crippen LogP contribution in [0.25, 0.3) is 10.6 Å². The summed E-state index contributed by atoms with van der Waals surface area (Å²) in [5, 5.41) is 16.3. The molecule has 112 valence electrons. The Morgan fingerprint density at radius 1 is 1.48 bits per heavy atom. The molecule has 4 atom stereocenters. The lowest BCUT2D eigenvalue weighted by atomic mass is 9.74. The van der Waals surface area contributed by atoms with E-state index in [9.17, 15) is 5.11 Å². The smallest absolute Gasteiger partial charge is 0.103 e. The summed E-state index contributed by atoms with van der Waals surface area (Å²) in [6, 6.07) is 6.86. The standard InChI is InChI=1S/C16H21N3OS/c1-18-15(8-14(17-18)16-3-2-6-21-16)13-9-19-5-4-11(13)7-12(19)10-20/h2-3,6,8,11-13,20H,4-5,7,9-10H2,1H3/t11-,12+,13-/m0/s1. The minimum Gasteiger partial charge on any atom is -0.395 e. The highest BCUT2D eigenvalue weighted by molar-refractivity contribution is 7.13. The van der Waals surface area contributed by atoms with E-state index < -0.39 is 0 Å². The van der Waals surface area contributed by atoms with Crippen molar-refractivity contribution < 1.29 is 5.11 Å². The second-order valence-corrected chi connectivity index (χ2v) is 7.23. The Kier molecular flexibility index (Phi) is 3.36. The van der Waals surface area contributed by atoms with Crippen LogP contribution in [0.3, 0.4) is 0 Å². The maximum absolute atomic E-state index is 9.50. The monoisotopic (exact) mass is 303 g/mol. The van der Waals surface area contributed by atoms with Crippen molar-refractivity contribution in [1.29, 1.82) is 0 Å². The molecule has 0 aromatic carbocycles. The van der Waals surface area contributed by atoms with Gasteiger partial charge < -0.3 is 5.11 Å². The zero-order chi connectivity index (χ0) is 14.4. The fourth-order valence-corrected chi connectivity index (χ4v) is 4.72. The van der Waals surface area contributed by atoms with E-state index in [0.29, 0.717) is 24.5 Å². The molecule has 5 rings (SSSR count). The third-order valence-corrected chi connectivity index (χ3v) is 6.05. The van der Waals surface area contributed by atoms with E-state index in [0.717, 1.165) is 25.2 Å². The van der Waals surface area contributed by atoms with Crippen molar-refractivity contribution in [2.75, 3.05) is 19.7 Å². The van der Waals surface area contributed by atoms with Gasteiger partial charge in [-0.3, -0.25) is 9.58 Å². The van der Waals surface area contributed by atoms with Crippen LogP contribution in [-0.2, 0) is 7.05 Å². The van der Waals surface area contributed by atoms with Gasteiger partial charge in [0.1, 0.15) is 5.69 Å². The molecule has 2 bridgehead atoms. The normalized spacial score (nSPS) is 31.7. The van der Waals surface area contributed by atoms with Crippen LogP contribution in [0.15, 0.2) is 23.6 Å². The number of aryl methyl sites for hydroxylation is 1. The molecule has 0 spiro atoms. The molecule has 21 heavy (non-hydrogen) atoms. The maximum Gasteiger partial charge on any atom is 0.103 e. The number of nitrogens with zero attached hydrogens (tertiary/aromatic N) is 3. The van der Waals surface area contributed by atoms with Crippen molar-refractivity contribution in [2.45, 2.75) is 24.8 Å². The number of hydrogen-bond donors (Lipinski definition) is 1. The largest absolute Gasteiger partial charge is 0.395 e. The van der Waals surface area contributed by atoms with Crippen LogP contribution in [0.2, 0.25) is 0 Å². The van der Waals surface area contributed by atoms with Gasteiger partial charge in [-0.05, 0) is 42.8 Å². The zero-order valence-electron chi connectivity index (χ0n) is 12.3. The van der Waals surface area contributed by atoms with E-state index in [2.05, 4.69) is 40.2 Å². The Morgan fingerprint density at radius 2 is 2.38 bits per heavy atom. The molecular formula is C16H21N3OS. The summed E-state index contributed by atoms with van der Waals surface area (Å²) < 4.78 is 2.06. The van der Waals surface area contributed by atoms with Crippen LogP contribution < -0.4 is 0 Å². The minimum atomic E-state index is 0.301. The lowest BCUT2D eigenvalue weighted by Gasteiger charge is -2.49. The Labute approximate surface area is 129 Å². The number of hydrogen-bond acceptors (Lipinski definition) is 4. The van der Waals surface area contributed by atoms with Crippen LogP contribution in [0.5, 0.6) is 0 Å². The van der Waals surface area contributed by atoms with Gasteiger partial charge in [0, 0.05) is 31.2 Å². The molecule has 3 aliphatic rings. The molecule has 5 heterocycles. The SMILES string of the molecule is Cn1nc(-c2cccs2)cc1[C@H]1CN2CC[C@H]1C[C@@H]2CO. The van der Waals surface area contributed by atoms with Gasteiger partial charge in [0.25, 0.3) is 0 Å². The highest BCUT2D eigenvalue weighted by atomic mass is 32.1. The molecule has 1 N–H and O–H groups in total. The van der Waals surface area contributed by atoms with Crippen LogP contribution in [0, 0.1) is 5.92 Å². The van der Waals surface area contributed by atoms with E-state index in [4.69, 9.17) is 5.10 Å². The number of aliphatic hydroxyl groups is 1. The molecule has 1 unspecified atom stereocenters. The van der Waals surface area contributed by atoms with E-state index in [1.165, 1.54) is 17.0 Å². The first-order valence-electron chi connectivity index (χ1n) is 7.69. The highest BCUT2D eigenvalue weighted by Crippen LogP contribution is 2.42. The number of aromatic nitrogens is 2. The molecule has 2 aromatic rings. The Morgan fingerprint density at radius 3 is 3.05 bits per heavy atom. The molecule has 5 heteroatoms. The number of rotatable bonds is 3. The van der Waals surface area contributed by atoms with Gasteiger partial charge >= 0.3 is 0 Å². The molecule has 3 aliphatic heterocycles. The van der Waals surface area contributed by atoms with E-state index >= 15 is 0 Å². The molecule has 3 fully saturated rings.